The van der Waals surface area contributed by atoms with E-state index in [4.69, 9.17) is 4.74 Å². The van der Waals surface area contributed by atoms with Gasteiger partial charge in [0.2, 0.25) is 0 Å². The molecule has 0 spiro atoms. The fourth-order valence-electron chi connectivity index (χ4n) is 2.23. The highest BCUT2D eigenvalue weighted by Crippen LogP contribution is 2.32. The SMILES string of the molecule is Cn1cnc2c(O[C@H]3SC[C@@H](O)[C@H](O)[C@H]3O)cccc21. The van der Waals surface area contributed by atoms with Crippen LogP contribution < -0.4 is 4.74 Å². The van der Waals surface area contributed by atoms with Crippen LogP contribution in [0.1, 0.15) is 0 Å². The first-order valence-electron chi connectivity index (χ1n) is 6.30. The molecule has 0 unspecified atom stereocenters. The van der Waals surface area contributed by atoms with E-state index >= 15 is 0 Å². The lowest BCUT2D eigenvalue weighted by Crippen LogP contribution is -2.50. The van der Waals surface area contributed by atoms with Crippen LogP contribution >= 0.6 is 11.8 Å². The highest BCUT2D eigenvalue weighted by atomic mass is 32.2. The molecular weight excluding hydrogens is 280 g/mol. The fourth-order valence-corrected chi connectivity index (χ4v) is 3.35. The topological polar surface area (TPSA) is 87.7 Å². The molecule has 3 rings (SSSR count). The molecule has 7 heteroatoms. The van der Waals surface area contributed by atoms with Crippen molar-refractivity contribution < 1.29 is 20.1 Å². The first-order valence-corrected chi connectivity index (χ1v) is 7.35. The van der Waals surface area contributed by atoms with E-state index in [0.717, 1.165) is 5.52 Å². The lowest BCUT2D eigenvalue weighted by atomic mass is 10.1. The van der Waals surface area contributed by atoms with Crippen molar-refractivity contribution in [1.82, 2.24) is 9.55 Å². The number of aliphatic hydroxyl groups is 3. The van der Waals surface area contributed by atoms with Crippen LogP contribution in [0.4, 0.5) is 0 Å². The van der Waals surface area contributed by atoms with Gasteiger partial charge in [-0.15, -0.1) is 11.8 Å². The standard InChI is InChI=1S/C13H16N2O4S/c1-15-6-14-10-7(15)3-2-4-9(10)19-13-12(18)11(17)8(16)5-20-13/h2-4,6,8,11-13,16-18H,5H2,1H3/t8-,11+,12-,13+/m1/s1. The van der Waals surface area contributed by atoms with Crippen LogP contribution in [0.25, 0.3) is 11.0 Å². The van der Waals surface area contributed by atoms with Gasteiger partial charge in [-0.05, 0) is 12.1 Å². The Hall–Kier alpha value is -1.28. The molecule has 1 aliphatic heterocycles. The third-order valence-corrected chi connectivity index (χ3v) is 4.65. The Kier molecular flexibility index (Phi) is 3.59. The van der Waals surface area contributed by atoms with Crippen molar-refractivity contribution in [3.8, 4) is 5.75 Å². The van der Waals surface area contributed by atoms with E-state index in [1.807, 2.05) is 23.7 Å². The summed E-state index contributed by atoms with van der Waals surface area (Å²) in [4.78, 5) is 4.28. The smallest absolute Gasteiger partial charge is 0.173 e. The molecule has 1 aliphatic rings. The number of hydrogen-bond acceptors (Lipinski definition) is 6. The Balaban J connectivity index is 1.86. The van der Waals surface area contributed by atoms with Gasteiger partial charge in [0.1, 0.15) is 23.5 Å². The zero-order valence-electron chi connectivity index (χ0n) is 10.9. The predicted molar refractivity (Wildman–Crippen MR) is 75.6 cm³/mol. The molecule has 2 aromatic rings. The van der Waals surface area contributed by atoms with Crippen molar-refractivity contribution in [2.75, 3.05) is 5.75 Å². The molecule has 0 saturated carbocycles. The number of fused-ring (bicyclic) bond motifs is 1. The molecule has 1 saturated heterocycles. The number of benzene rings is 1. The number of aliphatic hydroxyl groups excluding tert-OH is 3. The second-order valence-corrected chi connectivity index (χ2v) is 5.98. The summed E-state index contributed by atoms with van der Waals surface area (Å²) in [5.41, 5.74) is 1.02. The number of imidazole rings is 1. The molecule has 1 aromatic heterocycles. The molecule has 1 aromatic carbocycles. The zero-order valence-corrected chi connectivity index (χ0v) is 11.7. The molecule has 2 heterocycles. The number of para-hydroxylation sites is 1. The van der Waals surface area contributed by atoms with Crippen LogP contribution in [0.15, 0.2) is 24.5 Å². The highest BCUT2D eigenvalue weighted by molar-refractivity contribution is 7.99. The van der Waals surface area contributed by atoms with Gasteiger partial charge in [0.05, 0.1) is 17.9 Å². The van der Waals surface area contributed by atoms with E-state index in [0.29, 0.717) is 17.0 Å². The third-order valence-electron chi connectivity index (χ3n) is 3.42. The van der Waals surface area contributed by atoms with Crippen LogP contribution in [-0.4, -0.2) is 54.4 Å². The normalized spacial score (nSPS) is 30.6. The quantitative estimate of drug-likeness (QED) is 0.729. The van der Waals surface area contributed by atoms with Gasteiger partial charge in [-0.25, -0.2) is 4.98 Å². The minimum Gasteiger partial charge on any atom is -0.475 e. The highest BCUT2D eigenvalue weighted by Gasteiger charge is 2.38. The molecule has 0 bridgehead atoms. The summed E-state index contributed by atoms with van der Waals surface area (Å²) >= 11 is 1.28. The van der Waals surface area contributed by atoms with Gasteiger partial charge >= 0.3 is 0 Å². The molecule has 108 valence electrons. The van der Waals surface area contributed by atoms with E-state index in [1.54, 1.807) is 12.4 Å². The number of ether oxygens (including phenoxy) is 1. The third kappa shape index (κ3) is 2.26. The van der Waals surface area contributed by atoms with Crippen molar-refractivity contribution >= 4 is 22.8 Å². The van der Waals surface area contributed by atoms with Crippen LogP contribution in [0, 0.1) is 0 Å². The summed E-state index contributed by atoms with van der Waals surface area (Å²) in [6, 6.07) is 5.56. The lowest BCUT2D eigenvalue weighted by Gasteiger charge is -2.34. The minimum absolute atomic E-state index is 0.321. The second kappa shape index (κ2) is 5.25. The Morgan fingerprint density at radius 1 is 1.30 bits per heavy atom. The maximum atomic E-state index is 9.97. The number of aromatic nitrogens is 2. The van der Waals surface area contributed by atoms with Crippen molar-refractivity contribution in [3.63, 3.8) is 0 Å². The molecule has 0 aliphatic carbocycles. The number of hydrogen-bond donors (Lipinski definition) is 3. The van der Waals surface area contributed by atoms with Crippen LogP contribution in [0.5, 0.6) is 5.75 Å². The van der Waals surface area contributed by atoms with Crippen LogP contribution in [0.2, 0.25) is 0 Å². The Labute approximate surface area is 120 Å². The van der Waals surface area contributed by atoms with Crippen molar-refractivity contribution in [1.29, 1.82) is 0 Å². The number of thioether (sulfide) groups is 1. The van der Waals surface area contributed by atoms with Crippen molar-refractivity contribution in [2.45, 2.75) is 23.7 Å². The largest absolute Gasteiger partial charge is 0.475 e. The Bertz CT molecular complexity index is 617. The van der Waals surface area contributed by atoms with Gasteiger partial charge in [0.25, 0.3) is 0 Å². The zero-order chi connectivity index (χ0) is 14.3. The Morgan fingerprint density at radius 3 is 2.90 bits per heavy atom. The van der Waals surface area contributed by atoms with Crippen LogP contribution in [-0.2, 0) is 7.05 Å². The maximum Gasteiger partial charge on any atom is 0.173 e. The number of nitrogens with zero attached hydrogens (tertiary/aromatic N) is 2. The summed E-state index contributed by atoms with van der Waals surface area (Å²) in [6.07, 6.45) is -1.56. The molecule has 0 radical (unpaired) electrons. The molecule has 6 nitrogen and oxygen atoms in total. The molecule has 20 heavy (non-hydrogen) atoms. The van der Waals surface area contributed by atoms with Gasteiger partial charge in [-0.3, -0.25) is 0 Å². The predicted octanol–water partition coefficient (Wildman–Crippen LogP) is 0.108. The lowest BCUT2D eigenvalue weighted by molar-refractivity contribution is -0.0784. The molecular formula is C13H16N2O4S. The van der Waals surface area contributed by atoms with Crippen LogP contribution in [0.3, 0.4) is 0 Å². The monoisotopic (exact) mass is 296 g/mol. The molecule has 1 fully saturated rings. The summed E-state index contributed by atoms with van der Waals surface area (Å²) in [6.45, 7) is 0. The minimum atomic E-state index is -1.19. The van der Waals surface area contributed by atoms with E-state index in [2.05, 4.69) is 4.98 Å². The van der Waals surface area contributed by atoms with Gasteiger partial charge in [-0.1, -0.05) is 6.07 Å². The molecule has 4 atom stereocenters. The van der Waals surface area contributed by atoms with Gasteiger partial charge in [-0.2, -0.15) is 0 Å². The first kappa shape index (κ1) is 13.7. The van der Waals surface area contributed by atoms with Crippen molar-refractivity contribution in [2.24, 2.45) is 7.05 Å². The number of aryl methyl sites for hydroxylation is 1. The summed E-state index contributed by atoms with van der Waals surface area (Å²) in [7, 11) is 1.89. The van der Waals surface area contributed by atoms with Gasteiger partial charge in [0, 0.05) is 12.8 Å². The summed E-state index contributed by atoms with van der Waals surface area (Å²) in [5, 5.41) is 29.2. The van der Waals surface area contributed by atoms with Gasteiger partial charge < -0.3 is 24.6 Å². The average Bonchev–Trinajstić information content (AvgIpc) is 2.82. The van der Waals surface area contributed by atoms with E-state index in [1.165, 1.54) is 11.8 Å². The average molecular weight is 296 g/mol. The molecule has 0 amide bonds. The van der Waals surface area contributed by atoms with Gasteiger partial charge in [0.15, 0.2) is 5.44 Å². The second-order valence-electron chi connectivity index (χ2n) is 4.85. The van der Waals surface area contributed by atoms with E-state index in [9.17, 15) is 15.3 Å². The number of rotatable bonds is 2. The summed E-state index contributed by atoms with van der Waals surface area (Å²) < 4.78 is 7.66. The fraction of sp³-hybridized carbons (Fsp3) is 0.462. The van der Waals surface area contributed by atoms with E-state index in [-0.39, 0.29) is 0 Å². The van der Waals surface area contributed by atoms with Crippen molar-refractivity contribution in [3.05, 3.63) is 24.5 Å². The first-order chi connectivity index (χ1) is 9.58. The van der Waals surface area contributed by atoms with E-state index < -0.39 is 23.7 Å². The molecule has 3 N–H and O–H groups in total. The summed E-state index contributed by atoms with van der Waals surface area (Å²) in [5.74, 6) is 0.879. The maximum absolute atomic E-state index is 9.97. The Morgan fingerprint density at radius 2 is 2.10 bits per heavy atom.